The van der Waals surface area contributed by atoms with Crippen LogP contribution in [-0.4, -0.2) is 53.6 Å². The van der Waals surface area contributed by atoms with Gasteiger partial charge >= 0.3 is 6.03 Å². The molecule has 0 saturated carbocycles. The van der Waals surface area contributed by atoms with E-state index >= 15 is 0 Å². The smallest absolute Gasteiger partial charge is 0.320 e. The first kappa shape index (κ1) is 13.2. The topological polar surface area (TPSA) is 35.6 Å². The van der Waals surface area contributed by atoms with Crippen molar-refractivity contribution in [3.8, 4) is 0 Å². The Morgan fingerprint density at radius 2 is 1.79 bits per heavy atom. The third kappa shape index (κ3) is 2.73. The number of hydrogen-bond acceptors (Lipinski definition) is 2. The first-order chi connectivity index (χ1) is 9.28. The largest absolute Gasteiger partial charge is 0.325 e. The van der Waals surface area contributed by atoms with Crippen LogP contribution in [0.25, 0.3) is 0 Å². The van der Waals surface area contributed by atoms with Crippen LogP contribution in [-0.2, 0) is 0 Å². The summed E-state index contributed by atoms with van der Waals surface area (Å²) in [6.07, 6.45) is 8.57. The summed E-state index contributed by atoms with van der Waals surface area (Å²) in [4.78, 5) is 16.9. The van der Waals surface area contributed by atoms with E-state index < -0.39 is 0 Å². The summed E-state index contributed by atoms with van der Waals surface area (Å²) in [6, 6.07) is 2.09. The standard InChI is InChI=1S/C15H27N3O/c1-2-18(15(19)17-8-4-3-5-9-17)14-10-12-6-7-13(11-14)16-12/h12-14,16H,2-11H2,1H3. The van der Waals surface area contributed by atoms with Crippen LogP contribution in [0.15, 0.2) is 0 Å². The summed E-state index contributed by atoms with van der Waals surface area (Å²) >= 11 is 0. The highest BCUT2D eigenvalue weighted by atomic mass is 16.2. The van der Waals surface area contributed by atoms with Crippen LogP contribution in [0.5, 0.6) is 0 Å². The molecule has 2 atom stereocenters. The number of carbonyl (C=O) groups excluding carboxylic acids is 1. The second-order valence-corrected chi connectivity index (χ2v) is 6.38. The lowest BCUT2D eigenvalue weighted by Crippen LogP contribution is -2.54. The molecule has 19 heavy (non-hydrogen) atoms. The van der Waals surface area contributed by atoms with Gasteiger partial charge in [-0.3, -0.25) is 0 Å². The number of carbonyl (C=O) groups is 1. The maximum Gasteiger partial charge on any atom is 0.320 e. The van der Waals surface area contributed by atoms with Gasteiger partial charge in [0.05, 0.1) is 0 Å². The van der Waals surface area contributed by atoms with Crippen molar-refractivity contribution in [3.05, 3.63) is 0 Å². The monoisotopic (exact) mass is 265 g/mol. The molecule has 2 amide bonds. The van der Waals surface area contributed by atoms with Crippen molar-refractivity contribution in [3.63, 3.8) is 0 Å². The molecule has 4 nitrogen and oxygen atoms in total. The first-order valence-electron chi connectivity index (χ1n) is 8.09. The fourth-order valence-electron chi connectivity index (χ4n) is 4.10. The second kappa shape index (κ2) is 5.70. The van der Waals surface area contributed by atoms with Gasteiger partial charge in [0, 0.05) is 37.8 Å². The van der Waals surface area contributed by atoms with Gasteiger partial charge in [-0.25, -0.2) is 4.79 Å². The summed E-state index contributed by atoms with van der Waals surface area (Å²) in [5.74, 6) is 0. The Bertz CT molecular complexity index is 315. The Labute approximate surface area is 116 Å². The van der Waals surface area contributed by atoms with E-state index in [0.717, 1.165) is 32.5 Å². The zero-order valence-electron chi connectivity index (χ0n) is 12.1. The van der Waals surface area contributed by atoms with Crippen molar-refractivity contribution < 1.29 is 4.79 Å². The molecule has 0 aromatic heterocycles. The van der Waals surface area contributed by atoms with Crippen LogP contribution in [0.2, 0.25) is 0 Å². The molecule has 3 fully saturated rings. The number of fused-ring (bicyclic) bond motifs is 2. The Balaban J connectivity index is 1.64. The van der Waals surface area contributed by atoms with Crippen molar-refractivity contribution in [2.45, 2.75) is 70.0 Å². The quantitative estimate of drug-likeness (QED) is 0.831. The van der Waals surface area contributed by atoms with Gasteiger partial charge in [-0.1, -0.05) is 0 Å². The molecule has 0 aromatic carbocycles. The van der Waals surface area contributed by atoms with E-state index in [1.54, 1.807) is 0 Å². The third-order valence-electron chi connectivity index (χ3n) is 5.10. The average Bonchev–Trinajstić information content (AvgIpc) is 2.79. The lowest BCUT2D eigenvalue weighted by Gasteiger charge is -2.40. The average molecular weight is 265 g/mol. The van der Waals surface area contributed by atoms with Crippen LogP contribution < -0.4 is 5.32 Å². The predicted molar refractivity (Wildman–Crippen MR) is 76.2 cm³/mol. The number of hydrogen-bond donors (Lipinski definition) is 1. The van der Waals surface area contributed by atoms with Crippen LogP contribution in [0.1, 0.15) is 51.9 Å². The summed E-state index contributed by atoms with van der Waals surface area (Å²) in [5.41, 5.74) is 0. The highest BCUT2D eigenvalue weighted by molar-refractivity contribution is 5.75. The van der Waals surface area contributed by atoms with E-state index in [0.29, 0.717) is 24.2 Å². The normalized spacial score (nSPS) is 34.4. The molecule has 3 saturated heterocycles. The van der Waals surface area contributed by atoms with Gasteiger partial charge in [0.15, 0.2) is 0 Å². The number of amides is 2. The van der Waals surface area contributed by atoms with E-state index in [2.05, 4.69) is 22.0 Å². The number of urea groups is 1. The molecule has 0 aliphatic carbocycles. The molecule has 3 aliphatic rings. The van der Waals surface area contributed by atoms with E-state index in [1.165, 1.54) is 32.1 Å². The van der Waals surface area contributed by atoms with Gasteiger partial charge in [-0.2, -0.15) is 0 Å². The minimum atomic E-state index is 0.300. The molecule has 3 rings (SSSR count). The first-order valence-corrected chi connectivity index (χ1v) is 8.09. The highest BCUT2D eigenvalue weighted by Crippen LogP contribution is 2.30. The van der Waals surface area contributed by atoms with Crippen LogP contribution >= 0.6 is 0 Å². The molecule has 3 heterocycles. The Kier molecular flexibility index (Phi) is 3.96. The molecular formula is C15H27N3O. The van der Waals surface area contributed by atoms with Crippen molar-refractivity contribution in [2.24, 2.45) is 0 Å². The fraction of sp³-hybridized carbons (Fsp3) is 0.933. The van der Waals surface area contributed by atoms with Crippen molar-refractivity contribution >= 4 is 6.03 Å². The molecule has 108 valence electrons. The molecule has 1 N–H and O–H groups in total. The van der Waals surface area contributed by atoms with Crippen molar-refractivity contribution in [1.29, 1.82) is 0 Å². The van der Waals surface area contributed by atoms with Crippen LogP contribution in [0, 0.1) is 0 Å². The van der Waals surface area contributed by atoms with Gasteiger partial charge in [-0.05, 0) is 51.9 Å². The van der Waals surface area contributed by atoms with E-state index in [-0.39, 0.29) is 0 Å². The second-order valence-electron chi connectivity index (χ2n) is 6.38. The number of nitrogens with one attached hydrogen (secondary N) is 1. The van der Waals surface area contributed by atoms with Gasteiger partial charge in [0.2, 0.25) is 0 Å². The number of rotatable bonds is 2. The van der Waals surface area contributed by atoms with Crippen LogP contribution in [0.3, 0.4) is 0 Å². The molecule has 3 aliphatic heterocycles. The highest BCUT2D eigenvalue weighted by Gasteiger charge is 2.38. The molecular weight excluding hydrogens is 238 g/mol. The van der Waals surface area contributed by atoms with E-state index in [9.17, 15) is 4.79 Å². The number of likely N-dealkylation sites (tertiary alicyclic amines) is 1. The summed E-state index contributed by atoms with van der Waals surface area (Å²) in [7, 11) is 0. The van der Waals surface area contributed by atoms with E-state index in [1.807, 2.05) is 0 Å². The maximum atomic E-state index is 12.7. The van der Waals surface area contributed by atoms with E-state index in [4.69, 9.17) is 0 Å². The maximum absolute atomic E-state index is 12.7. The zero-order valence-corrected chi connectivity index (χ0v) is 12.1. The molecule has 0 spiro atoms. The summed E-state index contributed by atoms with van der Waals surface area (Å²) in [5, 5.41) is 3.67. The Hall–Kier alpha value is -0.770. The Morgan fingerprint density at radius 1 is 1.16 bits per heavy atom. The minimum Gasteiger partial charge on any atom is -0.325 e. The molecule has 4 heteroatoms. The van der Waals surface area contributed by atoms with Gasteiger partial charge in [-0.15, -0.1) is 0 Å². The molecule has 0 aromatic rings. The zero-order chi connectivity index (χ0) is 13.2. The molecule has 2 bridgehead atoms. The Morgan fingerprint density at radius 3 is 2.37 bits per heavy atom. The summed E-state index contributed by atoms with van der Waals surface area (Å²) in [6.45, 7) is 4.92. The summed E-state index contributed by atoms with van der Waals surface area (Å²) < 4.78 is 0. The van der Waals surface area contributed by atoms with Gasteiger partial charge in [0.1, 0.15) is 0 Å². The lowest BCUT2D eigenvalue weighted by atomic mass is 9.98. The lowest BCUT2D eigenvalue weighted by molar-refractivity contribution is 0.111. The third-order valence-corrected chi connectivity index (χ3v) is 5.10. The van der Waals surface area contributed by atoms with Crippen molar-refractivity contribution in [1.82, 2.24) is 15.1 Å². The van der Waals surface area contributed by atoms with Crippen LogP contribution in [0.4, 0.5) is 4.79 Å². The number of nitrogens with zero attached hydrogens (tertiary/aromatic N) is 2. The predicted octanol–water partition coefficient (Wildman–Crippen LogP) is 2.20. The van der Waals surface area contributed by atoms with Gasteiger partial charge in [0.25, 0.3) is 0 Å². The number of piperidine rings is 2. The van der Waals surface area contributed by atoms with Crippen molar-refractivity contribution in [2.75, 3.05) is 19.6 Å². The van der Waals surface area contributed by atoms with Gasteiger partial charge < -0.3 is 15.1 Å². The SMILES string of the molecule is CCN(C(=O)N1CCCCC1)C1CC2CCC(C1)N2. The molecule has 2 unspecified atom stereocenters. The fourth-order valence-corrected chi connectivity index (χ4v) is 4.10. The minimum absolute atomic E-state index is 0.300. The molecule has 0 radical (unpaired) electrons.